The van der Waals surface area contributed by atoms with Gasteiger partial charge >= 0.3 is 11.9 Å². The first-order chi connectivity index (χ1) is 12.7. The number of methoxy groups -OCH3 is 1. The highest BCUT2D eigenvalue weighted by Gasteiger charge is 2.32. The molecule has 0 saturated carbocycles. The molecule has 0 atom stereocenters. The summed E-state index contributed by atoms with van der Waals surface area (Å²) in [5.74, 6) is -2.82. The van der Waals surface area contributed by atoms with Gasteiger partial charge in [0.1, 0.15) is 5.60 Å². The summed E-state index contributed by atoms with van der Waals surface area (Å²) in [7, 11) is 1.16. The number of hydrogen-bond donors (Lipinski definition) is 1. The second-order valence-corrected chi connectivity index (χ2v) is 7.04. The summed E-state index contributed by atoms with van der Waals surface area (Å²) in [6, 6.07) is 13.0. The number of carbonyl (C=O) groups is 2. The van der Waals surface area contributed by atoms with E-state index in [2.05, 4.69) is 4.74 Å². The fourth-order valence-electron chi connectivity index (χ4n) is 2.73. The van der Waals surface area contributed by atoms with Gasteiger partial charge in [-0.15, -0.1) is 0 Å². The number of ether oxygens (including phenoxy) is 2. The standard InChI is InChI=1S/C21H20O6/c1-21(2,3)27-20(24)17-15(16(22)18(26-17)19(23)25-4)14-10-9-12-7-5-6-8-13(12)11-14/h5-11,22H,1-4H3. The summed E-state index contributed by atoms with van der Waals surface area (Å²) >= 11 is 0. The maximum Gasteiger partial charge on any atom is 0.377 e. The summed E-state index contributed by atoms with van der Waals surface area (Å²) in [4.78, 5) is 24.5. The van der Waals surface area contributed by atoms with E-state index in [1.165, 1.54) is 0 Å². The van der Waals surface area contributed by atoms with Crippen molar-refractivity contribution in [2.24, 2.45) is 0 Å². The Bertz CT molecular complexity index is 1020. The van der Waals surface area contributed by atoms with Crippen molar-refractivity contribution in [1.82, 2.24) is 0 Å². The van der Waals surface area contributed by atoms with E-state index >= 15 is 0 Å². The van der Waals surface area contributed by atoms with E-state index in [9.17, 15) is 14.7 Å². The molecule has 0 spiro atoms. The lowest BCUT2D eigenvalue weighted by Gasteiger charge is -2.18. The van der Waals surface area contributed by atoms with Crippen molar-refractivity contribution in [2.45, 2.75) is 26.4 Å². The van der Waals surface area contributed by atoms with E-state index < -0.39 is 29.0 Å². The predicted molar refractivity (Wildman–Crippen MR) is 99.8 cm³/mol. The molecule has 3 aromatic rings. The molecule has 0 aliphatic rings. The van der Waals surface area contributed by atoms with Crippen LogP contribution in [0, 0.1) is 0 Å². The number of aromatic hydroxyl groups is 1. The van der Waals surface area contributed by atoms with Crippen LogP contribution in [0.3, 0.4) is 0 Å². The van der Waals surface area contributed by atoms with Crippen LogP contribution in [0.4, 0.5) is 0 Å². The second kappa shape index (κ2) is 6.79. The van der Waals surface area contributed by atoms with Gasteiger partial charge in [0.15, 0.2) is 5.75 Å². The van der Waals surface area contributed by atoms with Crippen molar-refractivity contribution in [1.29, 1.82) is 0 Å². The van der Waals surface area contributed by atoms with Crippen LogP contribution >= 0.6 is 0 Å². The summed E-state index contributed by atoms with van der Waals surface area (Å²) in [6.45, 7) is 5.14. The highest BCUT2D eigenvalue weighted by Crippen LogP contribution is 2.40. The van der Waals surface area contributed by atoms with Gasteiger partial charge in [0.05, 0.1) is 12.7 Å². The first-order valence-corrected chi connectivity index (χ1v) is 8.38. The van der Waals surface area contributed by atoms with Gasteiger partial charge in [0, 0.05) is 0 Å². The highest BCUT2D eigenvalue weighted by atomic mass is 16.6. The van der Waals surface area contributed by atoms with E-state index in [1.807, 2.05) is 30.3 Å². The first-order valence-electron chi connectivity index (χ1n) is 8.38. The van der Waals surface area contributed by atoms with Crippen molar-refractivity contribution in [3.8, 4) is 16.9 Å². The van der Waals surface area contributed by atoms with Crippen LogP contribution in [0.2, 0.25) is 0 Å². The quantitative estimate of drug-likeness (QED) is 0.683. The zero-order chi connectivity index (χ0) is 19.8. The molecule has 2 aromatic carbocycles. The van der Waals surface area contributed by atoms with Gasteiger partial charge in [-0.2, -0.15) is 0 Å². The number of fused-ring (bicyclic) bond motifs is 1. The average Bonchev–Trinajstić information content (AvgIpc) is 2.96. The maximum absolute atomic E-state index is 12.6. The highest BCUT2D eigenvalue weighted by molar-refractivity contribution is 6.03. The third kappa shape index (κ3) is 3.65. The Balaban J connectivity index is 2.20. The molecule has 0 amide bonds. The molecule has 140 valence electrons. The van der Waals surface area contributed by atoms with Crippen LogP contribution in [0.1, 0.15) is 41.9 Å². The SMILES string of the molecule is COC(=O)c1oc(C(=O)OC(C)(C)C)c(-c2ccc3ccccc3c2)c1O. The van der Waals surface area contributed by atoms with Gasteiger partial charge < -0.3 is 19.0 Å². The van der Waals surface area contributed by atoms with Crippen LogP contribution < -0.4 is 0 Å². The topological polar surface area (TPSA) is 86.0 Å². The van der Waals surface area contributed by atoms with Gasteiger partial charge in [0.2, 0.25) is 5.76 Å². The molecule has 6 nitrogen and oxygen atoms in total. The molecule has 1 heterocycles. The molecule has 0 unspecified atom stereocenters. The number of furan rings is 1. The maximum atomic E-state index is 12.6. The lowest BCUT2D eigenvalue weighted by Crippen LogP contribution is -2.24. The minimum absolute atomic E-state index is 0.0930. The van der Waals surface area contributed by atoms with Gasteiger partial charge in [0.25, 0.3) is 5.76 Å². The Morgan fingerprint density at radius 1 is 0.963 bits per heavy atom. The van der Waals surface area contributed by atoms with Crippen LogP contribution in [0.25, 0.3) is 21.9 Å². The fraction of sp³-hybridized carbons (Fsp3) is 0.238. The molecule has 0 saturated heterocycles. The third-order valence-corrected chi connectivity index (χ3v) is 3.88. The Labute approximate surface area is 156 Å². The molecule has 3 rings (SSSR count). The second-order valence-electron chi connectivity index (χ2n) is 7.04. The van der Waals surface area contributed by atoms with Crippen LogP contribution in [0.5, 0.6) is 5.75 Å². The number of esters is 2. The smallest absolute Gasteiger partial charge is 0.377 e. The van der Waals surface area contributed by atoms with E-state index in [4.69, 9.17) is 9.15 Å². The zero-order valence-corrected chi connectivity index (χ0v) is 15.5. The minimum atomic E-state index is -0.885. The molecular formula is C21H20O6. The van der Waals surface area contributed by atoms with Crippen molar-refractivity contribution in [3.05, 3.63) is 54.0 Å². The summed E-state index contributed by atoms with van der Waals surface area (Å²) < 4.78 is 15.4. The van der Waals surface area contributed by atoms with E-state index in [0.717, 1.165) is 17.9 Å². The van der Waals surface area contributed by atoms with Crippen molar-refractivity contribution >= 4 is 22.7 Å². The molecule has 0 fully saturated rings. The van der Waals surface area contributed by atoms with Crippen LogP contribution in [-0.4, -0.2) is 29.8 Å². The molecule has 27 heavy (non-hydrogen) atoms. The molecular weight excluding hydrogens is 348 g/mol. The minimum Gasteiger partial charge on any atom is -0.504 e. The van der Waals surface area contributed by atoms with Gasteiger partial charge in [-0.05, 0) is 43.2 Å². The summed E-state index contributed by atoms with van der Waals surface area (Å²) in [5, 5.41) is 12.5. The molecule has 1 aromatic heterocycles. The lowest BCUT2D eigenvalue weighted by molar-refractivity contribution is 0.00353. The Morgan fingerprint density at radius 2 is 1.63 bits per heavy atom. The molecule has 6 heteroatoms. The van der Waals surface area contributed by atoms with Gasteiger partial charge in [-0.3, -0.25) is 0 Å². The van der Waals surface area contributed by atoms with Crippen LogP contribution in [0.15, 0.2) is 46.9 Å². The van der Waals surface area contributed by atoms with Gasteiger partial charge in [-0.1, -0.05) is 36.4 Å². The Morgan fingerprint density at radius 3 is 2.26 bits per heavy atom. The van der Waals surface area contributed by atoms with Crippen molar-refractivity contribution in [2.75, 3.05) is 7.11 Å². The molecule has 0 radical (unpaired) electrons. The Hall–Kier alpha value is -3.28. The van der Waals surface area contributed by atoms with E-state index in [0.29, 0.717) is 5.56 Å². The Kier molecular flexibility index (Phi) is 4.66. The van der Waals surface area contributed by atoms with Crippen LogP contribution in [-0.2, 0) is 9.47 Å². The van der Waals surface area contributed by atoms with Crippen molar-refractivity contribution < 1.29 is 28.6 Å². The number of carbonyl (C=O) groups excluding carboxylic acids is 2. The largest absolute Gasteiger partial charge is 0.504 e. The van der Waals surface area contributed by atoms with Crippen molar-refractivity contribution in [3.63, 3.8) is 0 Å². The zero-order valence-electron chi connectivity index (χ0n) is 15.5. The summed E-state index contributed by atoms with van der Waals surface area (Å²) in [6.07, 6.45) is 0. The number of benzene rings is 2. The molecule has 0 aliphatic heterocycles. The molecule has 1 N–H and O–H groups in total. The third-order valence-electron chi connectivity index (χ3n) is 3.88. The fourth-order valence-corrected chi connectivity index (χ4v) is 2.73. The summed E-state index contributed by atoms with van der Waals surface area (Å²) in [5.41, 5.74) is -0.160. The number of hydrogen-bond acceptors (Lipinski definition) is 6. The first kappa shape index (κ1) is 18.5. The normalized spacial score (nSPS) is 11.4. The lowest BCUT2D eigenvalue weighted by atomic mass is 10.0. The molecule has 0 bridgehead atoms. The van der Waals surface area contributed by atoms with Gasteiger partial charge in [-0.25, -0.2) is 9.59 Å². The molecule has 0 aliphatic carbocycles. The van der Waals surface area contributed by atoms with E-state index in [-0.39, 0.29) is 11.3 Å². The average molecular weight is 368 g/mol. The predicted octanol–water partition coefficient (Wildman–Crippen LogP) is 4.55. The number of rotatable bonds is 3. The van der Waals surface area contributed by atoms with E-state index in [1.54, 1.807) is 32.9 Å². The monoisotopic (exact) mass is 368 g/mol.